The van der Waals surface area contributed by atoms with Gasteiger partial charge >= 0.3 is 141 Å². The van der Waals surface area contributed by atoms with Gasteiger partial charge in [-0.15, -0.1) is 0 Å². The Hall–Kier alpha value is 2.78. The molecule has 1 spiro atoms. The molecule has 2 aromatic heterocycles. The summed E-state index contributed by atoms with van der Waals surface area (Å²) < 4.78 is 9.44. The van der Waals surface area contributed by atoms with E-state index in [2.05, 4.69) is 61.8 Å². The average molecular weight is 732 g/mol. The summed E-state index contributed by atoms with van der Waals surface area (Å²) in [7, 11) is 8.72. The van der Waals surface area contributed by atoms with E-state index >= 15 is 0 Å². The molecule has 0 aromatic carbocycles. The van der Waals surface area contributed by atoms with Gasteiger partial charge in [-0.2, -0.15) is 0 Å². The van der Waals surface area contributed by atoms with E-state index in [1.54, 1.807) is 0 Å². The summed E-state index contributed by atoms with van der Waals surface area (Å²) >= 11 is 15.5. The van der Waals surface area contributed by atoms with Gasteiger partial charge in [-0.1, -0.05) is 0 Å². The molecule has 2 aliphatic rings. The van der Waals surface area contributed by atoms with Crippen molar-refractivity contribution in [3.8, 4) is 0 Å². The van der Waals surface area contributed by atoms with Crippen molar-refractivity contribution in [2.45, 2.75) is 44.5 Å². The van der Waals surface area contributed by atoms with Crippen molar-refractivity contribution in [1.82, 2.24) is 0 Å². The fourth-order valence-electron chi connectivity index (χ4n) is 2.59. The second-order valence-corrected chi connectivity index (χ2v) is 58.7. The van der Waals surface area contributed by atoms with Gasteiger partial charge in [-0.25, -0.2) is 0 Å². The molecule has 0 bridgehead atoms. The van der Waals surface area contributed by atoms with Crippen molar-refractivity contribution in [1.29, 1.82) is 0 Å². The van der Waals surface area contributed by atoms with Crippen molar-refractivity contribution in [2.24, 2.45) is 0 Å². The molecular weight excluding hydrogens is 712 g/mol. The van der Waals surface area contributed by atoms with Crippen LogP contribution in [0.5, 0.6) is 0 Å². The maximum atomic E-state index is 5.26. The Morgan fingerprint density at radius 3 is 1.08 bits per heavy atom. The van der Waals surface area contributed by atoms with Crippen molar-refractivity contribution in [3.05, 3.63) is 6.28 Å². The topological polar surface area (TPSA) is 0 Å². The fourth-order valence-corrected chi connectivity index (χ4v) is 95.8. The van der Waals surface area contributed by atoms with Crippen LogP contribution in [0, 0.1) is 6.28 Å². The molecule has 2 aliphatic heterocycles. The SMILES string of the molecule is CC[N+](CC)(CC)CC.S=c1sc2c(s1)[S][Bi-]1([S]2)[S]c2sc(=S)sc2[S]1. The van der Waals surface area contributed by atoms with E-state index in [9.17, 15) is 0 Å². The van der Waals surface area contributed by atoms with Gasteiger partial charge in [0.25, 0.3) is 0 Å². The second kappa shape index (κ2) is 9.94. The van der Waals surface area contributed by atoms with Gasteiger partial charge in [-0.05, 0) is 27.7 Å². The summed E-state index contributed by atoms with van der Waals surface area (Å²) in [6.45, 7) is 14.2. The first-order valence-corrected chi connectivity index (χ1v) is 32.4. The molecular formula is C14H20BiNS10. The van der Waals surface area contributed by atoms with Gasteiger partial charge in [0, 0.05) is 0 Å². The van der Waals surface area contributed by atoms with Crippen LogP contribution in [-0.4, -0.2) is 45.1 Å². The molecule has 0 radical (unpaired) electrons. The van der Waals surface area contributed by atoms with Crippen LogP contribution < -0.4 is 0 Å². The van der Waals surface area contributed by atoms with E-state index in [1.807, 2.05) is 45.3 Å². The first kappa shape index (κ1) is 23.4. The van der Waals surface area contributed by atoms with Gasteiger partial charge in [0.05, 0.1) is 26.2 Å². The molecule has 0 amide bonds. The van der Waals surface area contributed by atoms with E-state index in [1.165, 1.54) is 47.5 Å². The molecule has 2 aromatic rings. The number of rotatable bonds is 4. The predicted molar refractivity (Wildman–Crippen MR) is 138 cm³/mol. The molecule has 0 saturated carbocycles. The van der Waals surface area contributed by atoms with Crippen molar-refractivity contribution in [3.63, 3.8) is 0 Å². The predicted octanol–water partition coefficient (Wildman–Crippen LogP) is 8.81. The van der Waals surface area contributed by atoms with Gasteiger partial charge < -0.3 is 4.48 Å². The molecule has 0 unspecified atom stereocenters. The molecule has 4 rings (SSSR count). The molecule has 0 N–H and O–H groups in total. The van der Waals surface area contributed by atoms with E-state index < -0.39 is 14.4 Å². The summed E-state index contributed by atoms with van der Waals surface area (Å²) in [5.74, 6) is 0. The number of hydrogen-bond acceptors (Lipinski definition) is 10. The molecule has 4 heterocycles. The molecule has 0 aliphatic carbocycles. The number of quaternary nitrogens is 1. The fraction of sp³-hybridized carbons (Fsp3) is 0.571. The van der Waals surface area contributed by atoms with Crippen LogP contribution in [0.1, 0.15) is 27.7 Å². The second-order valence-electron chi connectivity index (χ2n) is 5.48. The van der Waals surface area contributed by atoms with Crippen LogP contribution in [0.2, 0.25) is 0 Å². The Morgan fingerprint density at radius 2 is 0.885 bits per heavy atom. The summed E-state index contributed by atoms with van der Waals surface area (Å²) in [5, 5.41) is 0. The maximum absolute atomic E-state index is 5.26. The van der Waals surface area contributed by atoms with Crippen LogP contribution in [0.25, 0.3) is 0 Å². The minimum atomic E-state index is -2.27. The van der Waals surface area contributed by atoms with Gasteiger partial charge in [0.1, 0.15) is 0 Å². The Morgan fingerprint density at radius 1 is 0.615 bits per heavy atom. The van der Waals surface area contributed by atoms with E-state index in [4.69, 9.17) is 24.4 Å². The zero-order chi connectivity index (χ0) is 18.9. The zero-order valence-electron chi connectivity index (χ0n) is 14.8. The van der Waals surface area contributed by atoms with Gasteiger partial charge in [0.15, 0.2) is 0 Å². The van der Waals surface area contributed by atoms with Gasteiger partial charge in [0.2, 0.25) is 0 Å². The number of hydrogen-bond donors (Lipinski definition) is 0. The molecule has 0 atom stereocenters. The van der Waals surface area contributed by atoms with E-state index in [0.717, 1.165) is 6.28 Å². The Kier molecular flexibility index (Phi) is 8.96. The van der Waals surface area contributed by atoms with Crippen LogP contribution in [-0.2, 0) is 0 Å². The van der Waals surface area contributed by atoms with Crippen molar-refractivity contribution in [2.75, 3.05) is 26.2 Å². The summed E-state index contributed by atoms with van der Waals surface area (Å²) in [6, 6.07) is 0. The molecule has 26 heavy (non-hydrogen) atoms. The van der Waals surface area contributed by atoms with Crippen LogP contribution >= 0.6 is 104 Å². The van der Waals surface area contributed by atoms with Gasteiger partial charge in [-0.3, -0.25) is 0 Å². The van der Waals surface area contributed by atoms with E-state index in [0.29, 0.717) is 0 Å². The molecule has 12 heteroatoms. The Balaban J connectivity index is 0.000000188. The molecule has 146 valence electrons. The first-order valence-electron chi connectivity index (χ1n) is 8.18. The van der Waals surface area contributed by atoms with Crippen molar-refractivity contribution >= 4 is 118 Å². The minimum absolute atomic E-state index is 1.08. The molecule has 1 nitrogen and oxygen atoms in total. The molecule has 0 saturated heterocycles. The summed E-state index contributed by atoms with van der Waals surface area (Å²) in [6.07, 6.45) is 0. The molecule has 0 fully saturated rings. The van der Waals surface area contributed by atoms with Crippen LogP contribution in [0.15, 0.2) is 16.8 Å². The third-order valence-corrected chi connectivity index (χ3v) is 62.7. The summed E-state index contributed by atoms with van der Waals surface area (Å²) in [4.78, 5) is 0. The third kappa shape index (κ3) is 5.15. The Labute approximate surface area is 196 Å². The van der Waals surface area contributed by atoms with Crippen molar-refractivity contribution < 1.29 is 4.48 Å². The number of nitrogens with zero attached hydrogens (tertiary/aromatic N) is 1. The quantitative estimate of drug-likeness (QED) is 0.174. The van der Waals surface area contributed by atoms with Crippen LogP contribution in [0.4, 0.5) is 0 Å². The standard InChI is InChI=1S/C8H20N.2C3H2S5.Bi/c1-5-9(6-2,7-3)8-4;2*4-1-2(5)8-3(6)7-1;/h5-8H2,1-4H3;2*4-5H;/q+1;;;+3/p-4. The zero-order valence-corrected chi connectivity index (χ0v) is 26.4. The number of fused-ring (bicyclic) bond motifs is 2. The summed E-state index contributed by atoms with van der Waals surface area (Å²) in [5.41, 5.74) is 0. The first-order chi connectivity index (χ1) is 12.4. The average Bonchev–Trinajstić information content (AvgIpc) is 3.29. The monoisotopic (exact) mass is 731 g/mol. The third-order valence-electron chi connectivity index (χ3n) is 4.50. The Bertz CT molecular complexity index is 737. The van der Waals surface area contributed by atoms with E-state index in [-0.39, 0.29) is 0 Å². The normalized spacial score (nSPS) is 18.3. The van der Waals surface area contributed by atoms with Crippen LogP contribution in [0.3, 0.4) is 0 Å².